The molecule has 0 aliphatic heterocycles. The first-order valence-electron chi connectivity index (χ1n) is 5.39. The first-order valence-corrected chi connectivity index (χ1v) is 6.94. The molecular formula is C11H16N2O2S. The normalized spacial score (nSPS) is 18.3. The predicted octanol–water partition coefficient (Wildman–Crippen LogP) is 0.768. The molecule has 2 rings (SSSR count). The van der Waals surface area contributed by atoms with Crippen molar-refractivity contribution in [2.75, 3.05) is 6.54 Å². The molecule has 4 nitrogen and oxygen atoms in total. The SMILES string of the molecule is NCC(NS(=O)(=O)C1CC1)c1ccccc1. The third-order valence-corrected chi connectivity index (χ3v) is 4.67. The molecule has 88 valence electrons. The van der Waals surface area contributed by atoms with Crippen molar-refractivity contribution in [2.24, 2.45) is 5.73 Å². The van der Waals surface area contributed by atoms with E-state index in [0.717, 1.165) is 18.4 Å². The molecule has 0 spiro atoms. The molecule has 0 heterocycles. The summed E-state index contributed by atoms with van der Waals surface area (Å²) in [4.78, 5) is 0. The lowest BCUT2D eigenvalue weighted by molar-refractivity contribution is 0.557. The summed E-state index contributed by atoms with van der Waals surface area (Å²) in [6, 6.07) is 9.10. The Morgan fingerprint density at radius 3 is 2.44 bits per heavy atom. The Morgan fingerprint density at radius 2 is 1.94 bits per heavy atom. The zero-order chi connectivity index (χ0) is 11.6. The van der Waals surface area contributed by atoms with Gasteiger partial charge in [0, 0.05) is 6.54 Å². The minimum absolute atomic E-state index is 0.203. The summed E-state index contributed by atoms with van der Waals surface area (Å²) >= 11 is 0. The van der Waals surface area contributed by atoms with Crippen LogP contribution in [0.1, 0.15) is 24.4 Å². The Balaban J connectivity index is 2.12. The van der Waals surface area contributed by atoms with Gasteiger partial charge in [-0.3, -0.25) is 0 Å². The van der Waals surface area contributed by atoms with E-state index >= 15 is 0 Å². The van der Waals surface area contributed by atoms with Crippen LogP contribution in [0, 0.1) is 0 Å². The van der Waals surface area contributed by atoms with Crippen LogP contribution in [0.2, 0.25) is 0 Å². The van der Waals surface area contributed by atoms with Crippen molar-refractivity contribution >= 4 is 10.0 Å². The molecule has 1 aromatic carbocycles. The topological polar surface area (TPSA) is 72.2 Å². The third kappa shape index (κ3) is 2.61. The van der Waals surface area contributed by atoms with Crippen molar-refractivity contribution in [1.29, 1.82) is 0 Å². The van der Waals surface area contributed by atoms with Crippen LogP contribution in [0.3, 0.4) is 0 Å². The van der Waals surface area contributed by atoms with E-state index in [0.29, 0.717) is 0 Å². The van der Waals surface area contributed by atoms with Crippen LogP contribution in [0.4, 0.5) is 0 Å². The molecule has 0 aromatic heterocycles. The Morgan fingerprint density at radius 1 is 1.31 bits per heavy atom. The number of sulfonamides is 1. The van der Waals surface area contributed by atoms with E-state index in [4.69, 9.17) is 5.73 Å². The zero-order valence-electron chi connectivity index (χ0n) is 8.96. The maximum absolute atomic E-state index is 11.8. The number of nitrogens with two attached hydrogens (primary N) is 1. The van der Waals surface area contributed by atoms with E-state index in [-0.39, 0.29) is 17.8 Å². The minimum Gasteiger partial charge on any atom is -0.329 e. The lowest BCUT2D eigenvalue weighted by Gasteiger charge is -2.17. The van der Waals surface area contributed by atoms with Crippen molar-refractivity contribution in [1.82, 2.24) is 4.72 Å². The number of hydrogen-bond acceptors (Lipinski definition) is 3. The molecule has 3 N–H and O–H groups in total. The van der Waals surface area contributed by atoms with Crippen molar-refractivity contribution in [3.05, 3.63) is 35.9 Å². The van der Waals surface area contributed by atoms with Crippen LogP contribution in [-0.2, 0) is 10.0 Å². The molecule has 1 unspecified atom stereocenters. The summed E-state index contributed by atoms with van der Waals surface area (Å²) in [5.41, 5.74) is 6.52. The molecule has 1 fully saturated rings. The van der Waals surface area contributed by atoms with Gasteiger partial charge in [0.15, 0.2) is 0 Å². The molecule has 1 saturated carbocycles. The third-order valence-electron chi connectivity index (χ3n) is 2.71. The van der Waals surface area contributed by atoms with E-state index in [1.165, 1.54) is 0 Å². The van der Waals surface area contributed by atoms with E-state index in [9.17, 15) is 8.42 Å². The number of nitrogens with one attached hydrogen (secondary N) is 1. The summed E-state index contributed by atoms with van der Waals surface area (Å²) in [6.07, 6.45) is 1.53. The molecule has 5 heteroatoms. The second kappa shape index (κ2) is 4.53. The van der Waals surface area contributed by atoms with Gasteiger partial charge in [-0.15, -0.1) is 0 Å². The van der Waals surface area contributed by atoms with Crippen LogP contribution in [0.15, 0.2) is 30.3 Å². The highest BCUT2D eigenvalue weighted by molar-refractivity contribution is 7.90. The highest BCUT2D eigenvalue weighted by Crippen LogP contribution is 2.28. The van der Waals surface area contributed by atoms with Crippen LogP contribution in [0.5, 0.6) is 0 Å². The molecule has 0 radical (unpaired) electrons. The van der Waals surface area contributed by atoms with E-state index in [1.54, 1.807) is 0 Å². The van der Waals surface area contributed by atoms with E-state index in [1.807, 2.05) is 30.3 Å². The molecular weight excluding hydrogens is 224 g/mol. The van der Waals surface area contributed by atoms with Gasteiger partial charge in [-0.05, 0) is 18.4 Å². The van der Waals surface area contributed by atoms with Crippen molar-refractivity contribution in [2.45, 2.75) is 24.1 Å². The van der Waals surface area contributed by atoms with Crippen LogP contribution < -0.4 is 10.5 Å². The van der Waals surface area contributed by atoms with Crippen molar-refractivity contribution in [3.63, 3.8) is 0 Å². The van der Waals surface area contributed by atoms with Gasteiger partial charge in [-0.25, -0.2) is 13.1 Å². The zero-order valence-corrected chi connectivity index (χ0v) is 9.78. The second-order valence-electron chi connectivity index (χ2n) is 4.06. The minimum atomic E-state index is -3.18. The van der Waals surface area contributed by atoms with Gasteiger partial charge in [0.05, 0.1) is 11.3 Å². The molecule has 1 aliphatic rings. The Kier molecular flexibility index (Phi) is 3.28. The standard InChI is InChI=1S/C11H16N2O2S/c12-8-11(9-4-2-1-3-5-9)13-16(14,15)10-6-7-10/h1-5,10-11,13H,6-8,12H2. The Labute approximate surface area is 95.9 Å². The van der Waals surface area contributed by atoms with Gasteiger partial charge in [0.1, 0.15) is 0 Å². The molecule has 0 amide bonds. The average molecular weight is 240 g/mol. The van der Waals surface area contributed by atoms with Crippen LogP contribution in [-0.4, -0.2) is 20.2 Å². The van der Waals surface area contributed by atoms with E-state index < -0.39 is 10.0 Å². The smallest absolute Gasteiger partial charge is 0.215 e. The van der Waals surface area contributed by atoms with Crippen LogP contribution >= 0.6 is 0 Å². The predicted molar refractivity (Wildman–Crippen MR) is 63.3 cm³/mol. The van der Waals surface area contributed by atoms with E-state index in [2.05, 4.69) is 4.72 Å². The second-order valence-corrected chi connectivity index (χ2v) is 6.05. The number of rotatable bonds is 5. The molecule has 1 aliphatic carbocycles. The largest absolute Gasteiger partial charge is 0.329 e. The van der Waals surface area contributed by atoms with Crippen molar-refractivity contribution < 1.29 is 8.42 Å². The summed E-state index contributed by atoms with van der Waals surface area (Å²) in [5.74, 6) is 0. The molecule has 1 aromatic rings. The van der Waals surface area contributed by atoms with Crippen molar-refractivity contribution in [3.8, 4) is 0 Å². The van der Waals surface area contributed by atoms with Gasteiger partial charge < -0.3 is 5.73 Å². The molecule has 16 heavy (non-hydrogen) atoms. The molecule has 0 saturated heterocycles. The maximum atomic E-state index is 11.8. The summed E-state index contributed by atoms with van der Waals surface area (Å²) in [6.45, 7) is 0.274. The maximum Gasteiger partial charge on any atom is 0.215 e. The van der Waals surface area contributed by atoms with Gasteiger partial charge in [-0.2, -0.15) is 0 Å². The first-order chi connectivity index (χ1) is 7.63. The first kappa shape index (κ1) is 11.6. The Hall–Kier alpha value is -0.910. The molecule has 1 atom stereocenters. The number of hydrogen-bond donors (Lipinski definition) is 2. The lowest BCUT2D eigenvalue weighted by atomic mass is 10.1. The summed E-state index contributed by atoms with van der Waals surface area (Å²) < 4.78 is 26.2. The van der Waals surface area contributed by atoms with Gasteiger partial charge in [-0.1, -0.05) is 30.3 Å². The Bertz CT molecular complexity index is 440. The fraction of sp³-hybridized carbons (Fsp3) is 0.455. The summed E-state index contributed by atoms with van der Waals surface area (Å²) in [7, 11) is -3.18. The number of benzene rings is 1. The summed E-state index contributed by atoms with van der Waals surface area (Å²) in [5, 5.41) is -0.203. The quantitative estimate of drug-likeness (QED) is 0.798. The fourth-order valence-electron chi connectivity index (χ4n) is 1.61. The monoisotopic (exact) mass is 240 g/mol. The fourth-order valence-corrected chi connectivity index (χ4v) is 3.19. The average Bonchev–Trinajstić information content (AvgIpc) is 3.11. The molecule has 0 bridgehead atoms. The van der Waals surface area contributed by atoms with Gasteiger partial charge in [0.2, 0.25) is 10.0 Å². The highest BCUT2D eigenvalue weighted by Gasteiger charge is 2.36. The van der Waals surface area contributed by atoms with Crippen LogP contribution in [0.25, 0.3) is 0 Å². The lowest BCUT2D eigenvalue weighted by Crippen LogP contribution is -2.35. The van der Waals surface area contributed by atoms with Gasteiger partial charge in [0.25, 0.3) is 0 Å². The highest BCUT2D eigenvalue weighted by atomic mass is 32.2. The van der Waals surface area contributed by atoms with Gasteiger partial charge >= 0.3 is 0 Å².